The number of thiophene rings is 1. The fourth-order valence-electron chi connectivity index (χ4n) is 3.02. The maximum absolute atomic E-state index is 13.0. The number of aromatic nitrogens is 2. The summed E-state index contributed by atoms with van der Waals surface area (Å²) in [4.78, 5) is 29.9. The van der Waals surface area contributed by atoms with Gasteiger partial charge in [-0.05, 0) is 48.6 Å². The number of carbonyl (C=O) groups is 1. The molecule has 1 aromatic carbocycles. The van der Waals surface area contributed by atoms with Crippen molar-refractivity contribution in [1.29, 1.82) is 0 Å². The SMILES string of the molecule is O=C(CSc1nc2ccsc2c(=O)n1-c1ccc(Cl)cc1)NC[C@@H]1CCCO1. The monoisotopic (exact) mass is 435 g/mol. The number of halogens is 1. The van der Waals surface area contributed by atoms with E-state index in [1.54, 1.807) is 24.3 Å². The standard InChI is InChI=1S/C19H18ClN3O3S2/c20-12-3-5-13(6-4-12)23-18(25)17-15(7-9-27-17)22-19(23)28-11-16(24)21-10-14-2-1-8-26-14/h3-7,9,14H,1-2,8,10-11H2,(H,21,24)/t14-/m0/s1. The summed E-state index contributed by atoms with van der Waals surface area (Å²) in [6.07, 6.45) is 2.11. The molecule has 1 N–H and O–H groups in total. The van der Waals surface area contributed by atoms with E-state index in [1.807, 2.05) is 11.4 Å². The molecule has 1 aliphatic rings. The van der Waals surface area contributed by atoms with E-state index in [-0.39, 0.29) is 23.3 Å². The maximum atomic E-state index is 13.0. The summed E-state index contributed by atoms with van der Waals surface area (Å²) in [6, 6.07) is 8.81. The number of rotatable bonds is 6. The molecule has 4 rings (SSSR count). The minimum Gasteiger partial charge on any atom is -0.376 e. The van der Waals surface area contributed by atoms with Crippen LogP contribution < -0.4 is 10.9 Å². The Morgan fingerprint density at radius 2 is 2.18 bits per heavy atom. The van der Waals surface area contributed by atoms with E-state index in [2.05, 4.69) is 10.3 Å². The molecular weight excluding hydrogens is 418 g/mol. The largest absolute Gasteiger partial charge is 0.376 e. The number of benzene rings is 1. The molecule has 1 saturated heterocycles. The van der Waals surface area contributed by atoms with Gasteiger partial charge in [-0.2, -0.15) is 0 Å². The van der Waals surface area contributed by atoms with Crippen molar-refractivity contribution in [2.24, 2.45) is 0 Å². The molecule has 0 bridgehead atoms. The van der Waals surface area contributed by atoms with Crippen molar-refractivity contribution >= 4 is 50.8 Å². The summed E-state index contributed by atoms with van der Waals surface area (Å²) in [5.41, 5.74) is 1.16. The van der Waals surface area contributed by atoms with Crippen LogP contribution >= 0.6 is 34.7 Å². The van der Waals surface area contributed by atoms with Gasteiger partial charge in [-0.25, -0.2) is 4.98 Å². The van der Waals surface area contributed by atoms with E-state index < -0.39 is 0 Å². The molecule has 3 heterocycles. The highest BCUT2D eigenvalue weighted by molar-refractivity contribution is 7.99. The number of hydrogen-bond donors (Lipinski definition) is 1. The van der Waals surface area contributed by atoms with Crippen molar-refractivity contribution in [1.82, 2.24) is 14.9 Å². The van der Waals surface area contributed by atoms with E-state index in [1.165, 1.54) is 27.7 Å². The molecule has 0 spiro atoms. The highest BCUT2D eigenvalue weighted by atomic mass is 35.5. The predicted octanol–water partition coefficient (Wildman–Crippen LogP) is 3.49. The minimum absolute atomic E-state index is 0.0986. The van der Waals surface area contributed by atoms with Gasteiger partial charge >= 0.3 is 0 Å². The zero-order chi connectivity index (χ0) is 19.5. The summed E-state index contributed by atoms with van der Waals surface area (Å²) in [5, 5.41) is 5.80. The van der Waals surface area contributed by atoms with Gasteiger partial charge in [0.2, 0.25) is 5.91 Å². The molecule has 1 atom stereocenters. The van der Waals surface area contributed by atoms with Gasteiger partial charge in [0, 0.05) is 18.2 Å². The lowest BCUT2D eigenvalue weighted by Crippen LogP contribution is -2.33. The molecule has 9 heteroatoms. The molecule has 146 valence electrons. The van der Waals surface area contributed by atoms with Crippen molar-refractivity contribution in [3.8, 4) is 5.69 Å². The lowest BCUT2D eigenvalue weighted by Gasteiger charge is -2.13. The summed E-state index contributed by atoms with van der Waals surface area (Å²) in [7, 11) is 0. The van der Waals surface area contributed by atoms with Gasteiger partial charge in [-0.3, -0.25) is 14.2 Å². The Bertz CT molecular complexity index is 1040. The zero-order valence-electron chi connectivity index (χ0n) is 14.9. The second-order valence-electron chi connectivity index (χ2n) is 6.37. The average molecular weight is 436 g/mol. The first-order valence-corrected chi connectivity index (χ1v) is 11.1. The second-order valence-corrected chi connectivity index (χ2v) is 8.67. The molecule has 0 radical (unpaired) electrons. The summed E-state index contributed by atoms with van der Waals surface area (Å²) >= 11 is 8.57. The molecule has 2 aromatic heterocycles. The number of ether oxygens (including phenoxy) is 1. The first kappa shape index (κ1) is 19.4. The van der Waals surface area contributed by atoms with Gasteiger partial charge in [-0.1, -0.05) is 23.4 Å². The average Bonchev–Trinajstić information content (AvgIpc) is 3.37. The molecule has 1 amide bonds. The van der Waals surface area contributed by atoms with Crippen LogP contribution in [-0.4, -0.2) is 40.5 Å². The van der Waals surface area contributed by atoms with Crippen LogP contribution in [0.2, 0.25) is 5.02 Å². The van der Waals surface area contributed by atoms with Crippen LogP contribution in [0.25, 0.3) is 15.9 Å². The molecular formula is C19H18ClN3O3S2. The Kier molecular flexibility index (Phi) is 6.01. The third-order valence-electron chi connectivity index (χ3n) is 4.42. The van der Waals surface area contributed by atoms with Crippen molar-refractivity contribution in [3.05, 3.63) is 51.1 Å². The van der Waals surface area contributed by atoms with Crippen molar-refractivity contribution in [3.63, 3.8) is 0 Å². The molecule has 0 aliphatic carbocycles. The van der Waals surface area contributed by atoms with Crippen LogP contribution in [0.3, 0.4) is 0 Å². The number of nitrogens with zero attached hydrogens (tertiary/aromatic N) is 2. The molecule has 6 nitrogen and oxygen atoms in total. The Morgan fingerprint density at radius 3 is 2.93 bits per heavy atom. The topological polar surface area (TPSA) is 73.2 Å². The number of amides is 1. The lowest BCUT2D eigenvalue weighted by molar-refractivity contribution is -0.119. The summed E-state index contributed by atoms with van der Waals surface area (Å²) in [6.45, 7) is 1.27. The molecule has 0 saturated carbocycles. The van der Waals surface area contributed by atoms with Crippen molar-refractivity contribution < 1.29 is 9.53 Å². The van der Waals surface area contributed by atoms with E-state index in [0.717, 1.165) is 19.4 Å². The van der Waals surface area contributed by atoms with Crippen molar-refractivity contribution in [2.75, 3.05) is 18.9 Å². The van der Waals surface area contributed by atoms with Crippen LogP contribution in [0.1, 0.15) is 12.8 Å². The van der Waals surface area contributed by atoms with E-state index in [4.69, 9.17) is 16.3 Å². The van der Waals surface area contributed by atoms with Crippen LogP contribution in [0, 0.1) is 0 Å². The molecule has 3 aromatic rings. The zero-order valence-corrected chi connectivity index (χ0v) is 17.3. The second kappa shape index (κ2) is 8.65. The van der Waals surface area contributed by atoms with E-state index in [0.29, 0.717) is 32.6 Å². The Morgan fingerprint density at radius 1 is 1.36 bits per heavy atom. The Labute approximate surface area is 174 Å². The number of thioether (sulfide) groups is 1. The molecule has 1 fully saturated rings. The first-order chi connectivity index (χ1) is 13.6. The molecule has 1 aliphatic heterocycles. The quantitative estimate of drug-likeness (QED) is 0.474. The highest BCUT2D eigenvalue weighted by Crippen LogP contribution is 2.24. The van der Waals surface area contributed by atoms with Gasteiger partial charge in [0.1, 0.15) is 4.70 Å². The van der Waals surface area contributed by atoms with Gasteiger partial charge in [-0.15, -0.1) is 11.3 Å². The third kappa shape index (κ3) is 4.25. The van der Waals surface area contributed by atoms with Gasteiger partial charge in [0.15, 0.2) is 5.16 Å². The van der Waals surface area contributed by atoms with Crippen LogP contribution in [-0.2, 0) is 9.53 Å². The minimum atomic E-state index is -0.149. The highest BCUT2D eigenvalue weighted by Gasteiger charge is 2.18. The normalized spacial score (nSPS) is 16.5. The molecule has 0 unspecified atom stereocenters. The number of carbonyl (C=O) groups excluding carboxylic acids is 1. The Balaban J connectivity index is 1.56. The summed E-state index contributed by atoms with van der Waals surface area (Å²) in [5.74, 6) is 0.0605. The maximum Gasteiger partial charge on any atom is 0.276 e. The fourth-order valence-corrected chi connectivity index (χ4v) is 4.75. The third-order valence-corrected chi connectivity index (χ3v) is 6.50. The van der Waals surface area contributed by atoms with Crippen molar-refractivity contribution in [2.45, 2.75) is 24.1 Å². The Hall–Kier alpha value is -1.87. The summed E-state index contributed by atoms with van der Waals surface area (Å²) < 4.78 is 7.64. The lowest BCUT2D eigenvalue weighted by atomic mass is 10.2. The van der Waals surface area contributed by atoms with Gasteiger partial charge in [0.25, 0.3) is 5.56 Å². The smallest absolute Gasteiger partial charge is 0.276 e. The van der Waals surface area contributed by atoms with Gasteiger partial charge in [0.05, 0.1) is 23.1 Å². The fraction of sp³-hybridized carbons (Fsp3) is 0.316. The van der Waals surface area contributed by atoms with Gasteiger partial charge < -0.3 is 10.1 Å². The number of hydrogen-bond acceptors (Lipinski definition) is 6. The molecule has 28 heavy (non-hydrogen) atoms. The predicted molar refractivity (Wildman–Crippen MR) is 113 cm³/mol. The van der Waals surface area contributed by atoms with E-state index in [9.17, 15) is 9.59 Å². The first-order valence-electron chi connectivity index (χ1n) is 8.89. The van der Waals surface area contributed by atoms with Crippen LogP contribution in [0.5, 0.6) is 0 Å². The number of nitrogens with one attached hydrogen (secondary N) is 1. The number of fused-ring (bicyclic) bond motifs is 1. The van der Waals surface area contributed by atoms with Crippen LogP contribution in [0.4, 0.5) is 0 Å². The van der Waals surface area contributed by atoms with E-state index >= 15 is 0 Å². The van der Waals surface area contributed by atoms with Crippen LogP contribution in [0.15, 0.2) is 45.7 Å².